The van der Waals surface area contributed by atoms with E-state index in [1.807, 2.05) is 37.4 Å². The van der Waals surface area contributed by atoms with Crippen molar-refractivity contribution < 1.29 is 4.74 Å². The van der Waals surface area contributed by atoms with Crippen LogP contribution in [0.4, 0.5) is 5.82 Å². The van der Waals surface area contributed by atoms with Crippen molar-refractivity contribution in [3.8, 4) is 5.75 Å². The van der Waals surface area contributed by atoms with Gasteiger partial charge in [-0.3, -0.25) is 0 Å². The summed E-state index contributed by atoms with van der Waals surface area (Å²) in [7, 11) is 0. The van der Waals surface area contributed by atoms with Gasteiger partial charge < -0.3 is 10.5 Å². The van der Waals surface area contributed by atoms with Crippen LogP contribution < -0.4 is 10.5 Å². The van der Waals surface area contributed by atoms with Gasteiger partial charge >= 0.3 is 0 Å². The van der Waals surface area contributed by atoms with Gasteiger partial charge in [-0.25, -0.2) is 9.97 Å². The van der Waals surface area contributed by atoms with Gasteiger partial charge in [0.1, 0.15) is 11.6 Å². The number of hydrogen-bond acceptors (Lipinski definition) is 5. The van der Waals surface area contributed by atoms with E-state index in [0.717, 1.165) is 23.3 Å². The standard InChI is InChI=1S/C14H17N3OS/c1-3-18-12-6-4-10(5-7-12)8-11-9-16-14(19-2)17-13(11)15/h4-7,9H,3,8H2,1-2H3,(H2,15,16,17). The molecule has 0 atom stereocenters. The average Bonchev–Trinajstić information content (AvgIpc) is 2.43. The Balaban J connectivity index is 2.12. The molecule has 0 aliphatic carbocycles. The predicted molar refractivity (Wildman–Crippen MR) is 78.6 cm³/mol. The zero-order valence-corrected chi connectivity index (χ0v) is 11.9. The summed E-state index contributed by atoms with van der Waals surface area (Å²) in [6, 6.07) is 8.00. The maximum absolute atomic E-state index is 5.93. The quantitative estimate of drug-likeness (QED) is 0.671. The van der Waals surface area contributed by atoms with Gasteiger partial charge in [-0.2, -0.15) is 0 Å². The van der Waals surface area contributed by atoms with Crippen molar-refractivity contribution in [1.29, 1.82) is 0 Å². The maximum Gasteiger partial charge on any atom is 0.189 e. The summed E-state index contributed by atoms with van der Waals surface area (Å²) >= 11 is 1.49. The molecule has 4 nitrogen and oxygen atoms in total. The fraction of sp³-hybridized carbons (Fsp3) is 0.286. The number of thioether (sulfide) groups is 1. The minimum absolute atomic E-state index is 0.549. The molecular weight excluding hydrogens is 258 g/mol. The third-order valence-electron chi connectivity index (χ3n) is 2.69. The molecule has 0 aliphatic rings. The zero-order chi connectivity index (χ0) is 13.7. The van der Waals surface area contributed by atoms with Crippen molar-refractivity contribution in [1.82, 2.24) is 9.97 Å². The van der Waals surface area contributed by atoms with Crippen LogP contribution >= 0.6 is 11.8 Å². The second-order valence-electron chi connectivity index (χ2n) is 4.02. The van der Waals surface area contributed by atoms with E-state index in [-0.39, 0.29) is 0 Å². The average molecular weight is 275 g/mol. The number of nitrogens with zero attached hydrogens (tertiary/aromatic N) is 2. The van der Waals surface area contributed by atoms with E-state index in [1.54, 1.807) is 6.20 Å². The molecule has 2 N–H and O–H groups in total. The van der Waals surface area contributed by atoms with Gasteiger partial charge in [0, 0.05) is 18.2 Å². The first-order valence-electron chi connectivity index (χ1n) is 6.10. The summed E-state index contributed by atoms with van der Waals surface area (Å²) < 4.78 is 5.41. The molecule has 0 radical (unpaired) electrons. The fourth-order valence-corrected chi connectivity index (χ4v) is 2.08. The van der Waals surface area contributed by atoms with E-state index >= 15 is 0 Å². The first kappa shape index (κ1) is 13.7. The summed E-state index contributed by atoms with van der Waals surface area (Å²) in [5.74, 6) is 1.43. The monoisotopic (exact) mass is 275 g/mol. The Morgan fingerprint density at radius 2 is 2.00 bits per heavy atom. The topological polar surface area (TPSA) is 61.0 Å². The van der Waals surface area contributed by atoms with Crippen LogP contribution in [0, 0.1) is 0 Å². The van der Waals surface area contributed by atoms with E-state index in [9.17, 15) is 0 Å². The van der Waals surface area contributed by atoms with Crippen LogP contribution in [-0.4, -0.2) is 22.8 Å². The van der Waals surface area contributed by atoms with Gasteiger partial charge in [0.25, 0.3) is 0 Å². The summed E-state index contributed by atoms with van der Waals surface area (Å²) in [6.45, 7) is 2.65. The van der Waals surface area contributed by atoms with E-state index in [0.29, 0.717) is 17.6 Å². The molecule has 100 valence electrons. The SMILES string of the molecule is CCOc1ccc(Cc2cnc(SC)nc2N)cc1. The second-order valence-corrected chi connectivity index (χ2v) is 4.79. The summed E-state index contributed by atoms with van der Waals surface area (Å²) in [5, 5.41) is 0.702. The van der Waals surface area contributed by atoms with Gasteiger partial charge in [0.15, 0.2) is 5.16 Å². The lowest BCUT2D eigenvalue weighted by atomic mass is 10.1. The first-order valence-corrected chi connectivity index (χ1v) is 7.32. The smallest absolute Gasteiger partial charge is 0.189 e. The normalized spacial score (nSPS) is 10.4. The molecule has 0 fully saturated rings. The molecule has 1 aromatic heterocycles. The molecule has 0 saturated heterocycles. The van der Waals surface area contributed by atoms with E-state index in [1.165, 1.54) is 11.8 Å². The third kappa shape index (κ3) is 3.61. The number of ether oxygens (including phenoxy) is 1. The summed E-state index contributed by atoms with van der Waals surface area (Å²) in [4.78, 5) is 8.49. The Morgan fingerprint density at radius 3 is 2.58 bits per heavy atom. The Labute approximate surface area is 117 Å². The van der Waals surface area contributed by atoms with Crippen LogP contribution in [0.3, 0.4) is 0 Å². The molecule has 0 spiro atoms. The van der Waals surface area contributed by atoms with Crippen molar-refractivity contribution in [3.63, 3.8) is 0 Å². The molecule has 0 unspecified atom stereocenters. The number of nitrogen functional groups attached to an aromatic ring is 1. The van der Waals surface area contributed by atoms with Gasteiger partial charge in [-0.1, -0.05) is 23.9 Å². The largest absolute Gasteiger partial charge is 0.494 e. The number of benzene rings is 1. The Morgan fingerprint density at radius 1 is 1.26 bits per heavy atom. The molecule has 1 heterocycles. The van der Waals surface area contributed by atoms with Crippen LogP contribution in [-0.2, 0) is 6.42 Å². The van der Waals surface area contributed by atoms with Crippen molar-refractivity contribution in [2.75, 3.05) is 18.6 Å². The highest BCUT2D eigenvalue weighted by Gasteiger charge is 2.05. The lowest BCUT2D eigenvalue weighted by Gasteiger charge is -2.07. The van der Waals surface area contributed by atoms with Gasteiger partial charge in [0.05, 0.1) is 6.61 Å². The molecule has 1 aromatic carbocycles. The lowest BCUT2D eigenvalue weighted by molar-refractivity contribution is 0.340. The number of rotatable bonds is 5. The molecule has 2 rings (SSSR count). The number of aromatic nitrogens is 2. The number of hydrogen-bond donors (Lipinski definition) is 1. The molecule has 0 aliphatic heterocycles. The fourth-order valence-electron chi connectivity index (χ4n) is 1.73. The minimum atomic E-state index is 0.549. The molecule has 19 heavy (non-hydrogen) atoms. The van der Waals surface area contributed by atoms with Crippen molar-refractivity contribution >= 4 is 17.6 Å². The van der Waals surface area contributed by atoms with E-state index in [4.69, 9.17) is 10.5 Å². The summed E-state index contributed by atoms with van der Waals surface area (Å²) in [5.41, 5.74) is 8.04. The molecular formula is C14H17N3OS. The third-order valence-corrected chi connectivity index (χ3v) is 3.25. The molecule has 0 amide bonds. The lowest BCUT2D eigenvalue weighted by Crippen LogP contribution is -2.01. The predicted octanol–water partition coefficient (Wildman–Crippen LogP) is 2.77. The molecule has 5 heteroatoms. The summed E-state index contributed by atoms with van der Waals surface area (Å²) in [6.07, 6.45) is 4.46. The van der Waals surface area contributed by atoms with Crippen molar-refractivity contribution in [3.05, 3.63) is 41.6 Å². The Hall–Kier alpha value is -1.75. The van der Waals surface area contributed by atoms with E-state index in [2.05, 4.69) is 9.97 Å². The zero-order valence-electron chi connectivity index (χ0n) is 11.1. The Bertz CT molecular complexity index is 543. The van der Waals surface area contributed by atoms with Crippen LogP contribution in [0.2, 0.25) is 0 Å². The van der Waals surface area contributed by atoms with Crippen molar-refractivity contribution in [2.24, 2.45) is 0 Å². The van der Waals surface area contributed by atoms with E-state index < -0.39 is 0 Å². The number of anilines is 1. The van der Waals surface area contributed by atoms with Crippen LogP contribution in [0.5, 0.6) is 5.75 Å². The van der Waals surface area contributed by atoms with Crippen LogP contribution in [0.15, 0.2) is 35.6 Å². The van der Waals surface area contributed by atoms with Crippen molar-refractivity contribution in [2.45, 2.75) is 18.5 Å². The maximum atomic E-state index is 5.93. The second kappa shape index (κ2) is 6.43. The van der Waals surface area contributed by atoms with Gasteiger partial charge in [0.2, 0.25) is 0 Å². The first-order chi connectivity index (χ1) is 9.22. The highest BCUT2D eigenvalue weighted by Crippen LogP contribution is 2.19. The molecule has 2 aromatic rings. The highest BCUT2D eigenvalue weighted by atomic mass is 32.2. The number of nitrogens with two attached hydrogens (primary N) is 1. The van der Waals surface area contributed by atoms with Crippen LogP contribution in [0.1, 0.15) is 18.1 Å². The molecule has 0 saturated carbocycles. The Kier molecular flexibility index (Phi) is 4.63. The minimum Gasteiger partial charge on any atom is -0.494 e. The van der Waals surface area contributed by atoms with Gasteiger partial charge in [-0.05, 0) is 30.9 Å². The molecule has 0 bridgehead atoms. The van der Waals surface area contributed by atoms with Crippen LogP contribution in [0.25, 0.3) is 0 Å². The van der Waals surface area contributed by atoms with Gasteiger partial charge in [-0.15, -0.1) is 0 Å². The highest BCUT2D eigenvalue weighted by molar-refractivity contribution is 7.98.